The lowest BCUT2D eigenvalue weighted by Gasteiger charge is -2.34. The molecule has 0 unspecified atom stereocenters. The van der Waals surface area contributed by atoms with Crippen LogP contribution in [0.25, 0.3) is 0 Å². The first-order valence-electron chi connectivity index (χ1n) is 8.68. The third-order valence-electron chi connectivity index (χ3n) is 4.31. The van der Waals surface area contributed by atoms with E-state index < -0.39 is 0 Å². The molecule has 0 aromatic carbocycles. The van der Waals surface area contributed by atoms with E-state index in [1.165, 1.54) is 5.01 Å². The molecule has 7 heteroatoms. The second kappa shape index (κ2) is 7.25. The molecule has 3 heterocycles. The molecule has 1 aliphatic heterocycles. The van der Waals surface area contributed by atoms with Gasteiger partial charge in [0, 0.05) is 49.6 Å². The zero-order chi connectivity index (χ0) is 18.0. The molecule has 136 valence electrons. The molecule has 0 radical (unpaired) electrons. The van der Waals surface area contributed by atoms with E-state index in [1.807, 2.05) is 17.9 Å². The number of aromatic nitrogens is 2. The average molecular weight is 362 g/mol. The van der Waals surface area contributed by atoms with Crippen molar-refractivity contribution in [2.75, 3.05) is 26.2 Å². The summed E-state index contributed by atoms with van der Waals surface area (Å²) in [6, 6.07) is 1.82. The first kappa shape index (κ1) is 18.1. The van der Waals surface area contributed by atoms with Crippen LogP contribution in [0.5, 0.6) is 0 Å². The lowest BCUT2D eigenvalue weighted by Crippen LogP contribution is -2.48. The molecule has 0 bridgehead atoms. The van der Waals surface area contributed by atoms with Gasteiger partial charge >= 0.3 is 0 Å². The molecule has 0 N–H and O–H groups in total. The average Bonchev–Trinajstić information content (AvgIpc) is 3.17. The van der Waals surface area contributed by atoms with E-state index >= 15 is 0 Å². The third-order valence-corrected chi connectivity index (χ3v) is 5.63. The minimum atomic E-state index is 0.105. The Balaban J connectivity index is 1.48. The van der Waals surface area contributed by atoms with Crippen LogP contribution in [0.3, 0.4) is 0 Å². The summed E-state index contributed by atoms with van der Waals surface area (Å²) in [6.07, 6.45) is 0.318. The van der Waals surface area contributed by atoms with Gasteiger partial charge < -0.3 is 9.42 Å². The van der Waals surface area contributed by atoms with Crippen LogP contribution in [0.4, 0.5) is 0 Å². The van der Waals surface area contributed by atoms with Gasteiger partial charge in [0.25, 0.3) is 0 Å². The zero-order valence-corrected chi connectivity index (χ0v) is 16.2. The monoisotopic (exact) mass is 362 g/mol. The molecule has 0 aliphatic carbocycles. The maximum atomic E-state index is 12.4. The van der Waals surface area contributed by atoms with Crippen molar-refractivity contribution >= 4 is 17.2 Å². The topological polar surface area (TPSA) is 62.5 Å². The van der Waals surface area contributed by atoms with Crippen molar-refractivity contribution in [2.45, 2.75) is 46.1 Å². The lowest BCUT2D eigenvalue weighted by atomic mass is 9.98. The van der Waals surface area contributed by atoms with Crippen molar-refractivity contribution in [2.24, 2.45) is 0 Å². The van der Waals surface area contributed by atoms with Gasteiger partial charge in [-0.3, -0.25) is 9.69 Å². The maximum Gasteiger partial charge on any atom is 0.228 e. The number of nitrogens with zero attached hydrogens (tertiary/aromatic N) is 4. The molecule has 1 saturated heterocycles. The van der Waals surface area contributed by atoms with Gasteiger partial charge in [-0.25, -0.2) is 4.98 Å². The van der Waals surface area contributed by atoms with Gasteiger partial charge in [0.2, 0.25) is 5.91 Å². The highest BCUT2D eigenvalue weighted by atomic mass is 32.1. The first-order chi connectivity index (χ1) is 11.8. The van der Waals surface area contributed by atoms with Gasteiger partial charge in [0.05, 0.1) is 22.8 Å². The second-order valence-electron chi connectivity index (χ2n) is 7.66. The summed E-state index contributed by atoms with van der Waals surface area (Å²) in [5, 5.41) is 7.24. The molecule has 1 aliphatic rings. The molecule has 0 spiro atoms. The van der Waals surface area contributed by atoms with Crippen LogP contribution in [-0.2, 0) is 23.2 Å². The van der Waals surface area contributed by atoms with Crippen LogP contribution >= 0.6 is 11.3 Å². The molecular weight excluding hydrogens is 336 g/mol. The van der Waals surface area contributed by atoms with Crippen LogP contribution in [0.1, 0.15) is 42.9 Å². The van der Waals surface area contributed by atoms with E-state index in [1.54, 1.807) is 11.3 Å². The number of hydrogen-bond acceptors (Lipinski definition) is 6. The molecule has 2 aromatic heterocycles. The predicted molar refractivity (Wildman–Crippen MR) is 97.6 cm³/mol. The number of amides is 1. The number of thiazole rings is 1. The van der Waals surface area contributed by atoms with Gasteiger partial charge in [0.1, 0.15) is 5.76 Å². The van der Waals surface area contributed by atoms with E-state index in [4.69, 9.17) is 9.51 Å². The molecule has 2 aromatic rings. The Kier molecular flexibility index (Phi) is 5.24. The van der Waals surface area contributed by atoms with Crippen LogP contribution in [0.15, 0.2) is 16.0 Å². The number of aryl methyl sites for hydroxylation is 1. The number of hydrogen-bond donors (Lipinski definition) is 0. The van der Waals surface area contributed by atoms with Crippen molar-refractivity contribution in [3.8, 4) is 0 Å². The van der Waals surface area contributed by atoms with Gasteiger partial charge in [-0.2, -0.15) is 0 Å². The van der Waals surface area contributed by atoms with E-state index in [9.17, 15) is 4.79 Å². The normalized spacial score (nSPS) is 16.4. The molecule has 1 amide bonds. The lowest BCUT2D eigenvalue weighted by molar-refractivity contribution is -0.132. The van der Waals surface area contributed by atoms with Crippen LogP contribution < -0.4 is 0 Å². The van der Waals surface area contributed by atoms with Crippen molar-refractivity contribution in [1.82, 2.24) is 19.9 Å². The zero-order valence-electron chi connectivity index (χ0n) is 15.4. The smallest absolute Gasteiger partial charge is 0.228 e. The highest BCUT2D eigenvalue weighted by molar-refractivity contribution is 7.09. The maximum absolute atomic E-state index is 12.4. The van der Waals surface area contributed by atoms with Crippen LogP contribution in [-0.4, -0.2) is 52.0 Å². The Bertz CT molecular complexity index is 724. The minimum Gasteiger partial charge on any atom is -0.361 e. The Morgan fingerprint density at radius 1 is 1.24 bits per heavy atom. The number of carbonyl (C=O) groups is 1. The summed E-state index contributed by atoms with van der Waals surface area (Å²) in [5.74, 6) is 0.863. The Labute approximate surface area is 152 Å². The largest absolute Gasteiger partial charge is 0.361 e. The Hall–Kier alpha value is -1.73. The van der Waals surface area contributed by atoms with E-state index in [2.05, 4.69) is 36.2 Å². The fraction of sp³-hybridized carbons (Fsp3) is 0.611. The van der Waals surface area contributed by atoms with Crippen LogP contribution in [0, 0.1) is 6.92 Å². The highest BCUT2D eigenvalue weighted by Gasteiger charge is 2.23. The molecule has 0 atom stereocenters. The molecule has 25 heavy (non-hydrogen) atoms. The fourth-order valence-corrected chi connectivity index (χ4v) is 3.77. The predicted octanol–water partition coefficient (Wildman–Crippen LogP) is 2.62. The molecule has 1 fully saturated rings. The van der Waals surface area contributed by atoms with E-state index in [0.717, 1.165) is 44.2 Å². The summed E-state index contributed by atoms with van der Waals surface area (Å²) < 4.78 is 5.03. The fourth-order valence-electron chi connectivity index (χ4n) is 2.88. The third kappa shape index (κ3) is 4.67. The van der Waals surface area contributed by atoms with Crippen molar-refractivity contribution in [3.05, 3.63) is 33.6 Å². The van der Waals surface area contributed by atoms with Gasteiger partial charge in [-0.15, -0.1) is 11.3 Å². The molecule has 0 saturated carbocycles. The summed E-state index contributed by atoms with van der Waals surface area (Å²) in [4.78, 5) is 21.4. The summed E-state index contributed by atoms with van der Waals surface area (Å²) in [6.45, 7) is 12.5. The standard InChI is InChI=1S/C18H26N4O2S/c1-13-9-14(20-24-13)10-16(23)22-7-5-21(6-8-22)11-15-12-25-17(19-15)18(2,3)4/h9,12H,5-8,10-11H2,1-4H3. The number of piperazine rings is 1. The first-order valence-corrected chi connectivity index (χ1v) is 9.56. The quantitative estimate of drug-likeness (QED) is 0.837. The Morgan fingerprint density at radius 3 is 2.52 bits per heavy atom. The summed E-state index contributed by atoms with van der Waals surface area (Å²) in [7, 11) is 0. The van der Waals surface area contributed by atoms with Gasteiger partial charge in [0.15, 0.2) is 0 Å². The van der Waals surface area contributed by atoms with Gasteiger partial charge in [-0.05, 0) is 6.92 Å². The van der Waals surface area contributed by atoms with Crippen molar-refractivity contribution < 1.29 is 9.32 Å². The molecule has 6 nitrogen and oxygen atoms in total. The van der Waals surface area contributed by atoms with Crippen LogP contribution in [0.2, 0.25) is 0 Å². The number of carbonyl (C=O) groups excluding carboxylic acids is 1. The highest BCUT2D eigenvalue weighted by Crippen LogP contribution is 2.26. The number of rotatable bonds is 4. The minimum absolute atomic E-state index is 0.105. The Morgan fingerprint density at radius 2 is 1.96 bits per heavy atom. The van der Waals surface area contributed by atoms with E-state index in [0.29, 0.717) is 12.1 Å². The molecular formula is C18H26N4O2S. The molecule has 3 rings (SSSR count). The SMILES string of the molecule is Cc1cc(CC(=O)N2CCN(Cc3csc(C(C)(C)C)n3)CC2)no1. The van der Waals surface area contributed by atoms with E-state index in [-0.39, 0.29) is 11.3 Å². The second-order valence-corrected chi connectivity index (χ2v) is 8.51. The summed E-state index contributed by atoms with van der Waals surface area (Å²) in [5.41, 5.74) is 1.95. The van der Waals surface area contributed by atoms with Crippen molar-refractivity contribution in [3.63, 3.8) is 0 Å². The summed E-state index contributed by atoms with van der Waals surface area (Å²) >= 11 is 1.74. The van der Waals surface area contributed by atoms with Crippen molar-refractivity contribution in [1.29, 1.82) is 0 Å². The van der Waals surface area contributed by atoms with Gasteiger partial charge in [-0.1, -0.05) is 25.9 Å².